The third kappa shape index (κ3) is 2.45. The van der Waals surface area contributed by atoms with Crippen LogP contribution in [-0.2, 0) is 4.79 Å². The molecule has 0 saturated carbocycles. The molecule has 2 rings (SSSR count). The number of hydrogen-bond acceptors (Lipinski definition) is 3. The van der Waals surface area contributed by atoms with E-state index in [0.717, 1.165) is 32.6 Å². The van der Waals surface area contributed by atoms with Crippen molar-refractivity contribution < 1.29 is 4.79 Å². The highest BCUT2D eigenvalue weighted by atomic mass is 16.2. The molecule has 0 bridgehead atoms. The molecule has 2 saturated heterocycles. The minimum Gasteiger partial charge on any atom is -0.342 e. The first-order valence-electron chi connectivity index (χ1n) is 5.58. The van der Waals surface area contributed by atoms with Crippen LogP contribution in [0, 0.1) is 0 Å². The van der Waals surface area contributed by atoms with E-state index in [-0.39, 0.29) is 5.91 Å². The third-order valence-electron chi connectivity index (χ3n) is 3.06. The summed E-state index contributed by atoms with van der Waals surface area (Å²) in [5, 5.41) is 6.58. The zero-order valence-electron chi connectivity index (χ0n) is 8.59. The van der Waals surface area contributed by atoms with Crippen LogP contribution in [0.3, 0.4) is 0 Å². The molecular formula is C10H19N3O. The van der Waals surface area contributed by atoms with Crippen molar-refractivity contribution in [2.24, 2.45) is 0 Å². The van der Waals surface area contributed by atoms with E-state index in [2.05, 4.69) is 10.6 Å². The molecule has 1 amide bonds. The van der Waals surface area contributed by atoms with Crippen LogP contribution in [0.2, 0.25) is 0 Å². The van der Waals surface area contributed by atoms with Gasteiger partial charge in [0.1, 0.15) is 0 Å². The SMILES string of the molecule is O=C(CN[C@H]1CCNC1)N1CCCC1. The van der Waals surface area contributed by atoms with Crippen LogP contribution in [0.15, 0.2) is 0 Å². The van der Waals surface area contributed by atoms with Crippen molar-refractivity contribution in [2.75, 3.05) is 32.7 Å². The Bertz CT molecular complexity index is 196. The molecule has 0 spiro atoms. The summed E-state index contributed by atoms with van der Waals surface area (Å²) >= 11 is 0. The zero-order chi connectivity index (χ0) is 9.80. The lowest BCUT2D eigenvalue weighted by molar-refractivity contribution is -0.129. The summed E-state index contributed by atoms with van der Waals surface area (Å²) < 4.78 is 0. The summed E-state index contributed by atoms with van der Waals surface area (Å²) in [4.78, 5) is 13.6. The molecule has 2 heterocycles. The van der Waals surface area contributed by atoms with Crippen LogP contribution in [0.4, 0.5) is 0 Å². The maximum absolute atomic E-state index is 11.6. The van der Waals surface area contributed by atoms with E-state index in [9.17, 15) is 4.79 Å². The van der Waals surface area contributed by atoms with Crippen molar-refractivity contribution >= 4 is 5.91 Å². The van der Waals surface area contributed by atoms with Crippen molar-refractivity contribution in [3.8, 4) is 0 Å². The summed E-state index contributed by atoms with van der Waals surface area (Å²) in [5.74, 6) is 0.273. The first-order chi connectivity index (χ1) is 6.86. The fraction of sp³-hybridized carbons (Fsp3) is 0.900. The van der Waals surface area contributed by atoms with Crippen LogP contribution < -0.4 is 10.6 Å². The monoisotopic (exact) mass is 197 g/mol. The van der Waals surface area contributed by atoms with Crippen molar-refractivity contribution in [2.45, 2.75) is 25.3 Å². The second-order valence-corrected chi connectivity index (χ2v) is 4.16. The molecule has 4 heteroatoms. The quantitative estimate of drug-likeness (QED) is 0.645. The first-order valence-corrected chi connectivity index (χ1v) is 5.58. The second kappa shape index (κ2) is 4.75. The summed E-state index contributed by atoms with van der Waals surface area (Å²) in [5.41, 5.74) is 0. The average Bonchev–Trinajstić information content (AvgIpc) is 2.87. The number of carbonyl (C=O) groups is 1. The highest BCUT2D eigenvalue weighted by Crippen LogP contribution is 2.07. The van der Waals surface area contributed by atoms with E-state index in [1.165, 1.54) is 12.8 Å². The third-order valence-corrected chi connectivity index (χ3v) is 3.06. The number of nitrogens with zero attached hydrogens (tertiary/aromatic N) is 1. The van der Waals surface area contributed by atoms with Gasteiger partial charge in [0.05, 0.1) is 6.54 Å². The van der Waals surface area contributed by atoms with Gasteiger partial charge in [0, 0.05) is 25.7 Å². The molecule has 0 aromatic carbocycles. The summed E-state index contributed by atoms with van der Waals surface area (Å²) in [7, 11) is 0. The zero-order valence-corrected chi connectivity index (χ0v) is 8.59. The van der Waals surface area contributed by atoms with Crippen molar-refractivity contribution in [1.29, 1.82) is 0 Å². The molecule has 14 heavy (non-hydrogen) atoms. The van der Waals surface area contributed by atoms with E-state index < -0.39 is 0 Å². The molecular weight excluding hydrogens is 178 g/mol. The van der Waals surface area contributed by atoms with Gasteiger partial charge in [-0.15, -0.1) is 0 Å². The lowest BCUT2D eigenvalue weighted by Gasteiger charge is -2.17. The number of nitrogens with one attached hydrogen (secondary N) is 2. The number of rotatable bonds is 3. The lowest BCUT2D eigenvalue weighted by atomic mass is 10.2. The number of likely N-dealkylation sites (tertiary alicyclic amines) is 1. The van der Waals surface area contributed by atoms with Crippen LogP contribution in [0.5, 0.6) is 0 Å². The van der Waals surface area contributed by atoms with Gasteiger partial charge < -0.3 is 15.5 Å². The van der Waals surface area contributed by atoms with Crippen LogP contribution >= 0.6 is 0 Å². The molecule has 0 radical (unpaired) electrons. The van der Waals surface area contributed by atoms with Gasteiger partial charge in [0.25, 0.3) is 0 Å². The molecule has 0 aliphatic carbocycles. The maximum Gasteiger partial charge on any atom is 0.236 e. The Morgan fingerprint density at radius 3 is 2.86 bits per heavy atom. The van der Waals surface area contributed by atoms with E-state index >= 15 is 0 Å². The largest absolute Gasteiger partial charge is 0.342 e. The van der Waals surface area contributed by atoms with Crippen LogP contribution in [0.1, 0.15) is 19.3 Å². The normalized spacial score (nSPS) is 27.1. The lowest BCUT2D eigenvalue weighted by Crippen LogP contribution is -2.41. The van der Waals surface area contributed by atoms with Gasteiger partial charge in [-0.1, -0.05) is 0 Å². The van der Waals surface area contributed by atoms with E-state index in [1.807, 2.05) is 4.90 Å². The summed E-state index contributed by atoms with van der Waals surface area (Å²) in [6.45, 7) is 4.53. The van der Waals surface area contributed by atoms with Gasteiger partial charge in [0.15, 0.2) is 0 Å². The molecule has 2 aliphatic heterocycles. The van der Waals surface area contributed by atoms with Crippen molar-refractivity contribution in [3.63, 3.8) is 0 Å². The smallest absolute Gasteiger partial charge is 0.236 e. The van der Waals surface area contributed by atoms with Gasteiger partial charge in [0.2, 0.25) is 5.91 Å². The fourth-order valence-electron chi connectivity index (χ4n) is 2.14. The standard InChI is InChI=1S/C10H19N3O/c14-10(13-5-1-2-6-13)8-12-9-3-4-11-7-9/h9,11-12H,1-8H2/t9-/m0/s1. The molecule has 2 aliphatic rings. The van der Waals surface area contributed by atoms with Crippen LogP contribution in [0.25, 0.3) is 0 Å². The second-order valence-electron chi connectivity index (χ2n) is 4.16. The Morgan fingerprint density at radius 2 is 2.21 bits per heavy atom. The van der Waals surface area contributed by atoms with Gasteiger partial charge >= 0.3 is 0 Å². The van der Waals surface area contributed by atoms with Crippen molar-refractivity contribution in [3.05, 3.63) is 0 Å². The molecule has 0 unspecified atom stereocenters. The van der Waals surface area contributed by atoms with Gasteiger partial charge in [-0.05, 0) is 25.8 Å². The average molecular weight is 197 g/mol. The Balaban J connectivity index is 1.66. The predicted octanol–water partition coefficient (Wildman–Crippen LogP) is -0.440. The van der Waals surface area contributed by atoms with Crippen molar-refractivity contribution in [1.82, 2.24) is 15.5 Å². The summed E-state index contributed by atoms with van der Waals surface area (Å²) in [6, 6.07) is 0.501. The predicted molar refractivity (Wildman–Crippen MR) is 55.1 cm³/mol. The Morgan fingerprint density at radius 1 is 1.43 bits per heavy atom. The Kier molecular flexibility index (Phi) is 3.37. The molecule has 0 aromatic rings. The van der Waals surface area contributed by atoms with E-state index in [0.29, 0.717) is 12.6 Å². The van der Waals surface area contributed by atoms with E-state index in [1.54, 1.807) is 0 Å². The molecule has 0 aromatic heterocycles. The molecule has 2 N–H and O–H groups in total. The van der Waals surface area contributed by atoms with Gasteiger partial charge in [-0.3, -0.25) is 4.79 Å². The van der Waals surface area contributed by atoms with Gasteiger partial charge in [-0.25, -0.2) is 0 Å². The number of hydrogen-bond donors (Lipinski definition) is 2. The minimum atomic E-state index is 0.273. The highest BCUT2D eigenvalue weighted by molar-refractivity contribution is 5.78. The maximum atomic E-state index is 11.6. The Hall–Kier alpha value is -0.610. The summed E-state index contributed by atoms with van der Waals surface area (Å²) in [6.07, 6.45) is 3.50. The molecule has 1 atom stereocenters. The van der Waals surface area contributed by atoms with E-state index in [4.69, 9.17) is 0 Å². The minimum absolute atomic E-state index is 0.273. The molecule has 80 valence electrons. The highest BCUT2D eigenvalue weighted by Gasteiger charge is 2.19. The van der Waals surface area contributed by atoms with Gasteiger partial charge in [-0.2, -0.15) is 0 Å². The topological polar surface area (TPSA) is 44.4 Å². The number of carbonyl (C=O) groups excluding carboxylic acids is 1. The molecule has 2 fully saturated rings. The first kappa shape index (κ1) is 9.93. The van der Waals surface area contributed by atoms with Crippen LogP contribution in [-0.4, -0.2) is 49.6 Å². The fourth-order valence-corrected chi connectivity index (χ4v) is 2.14. The molecule has 4 nitrogen and oxygen atoms in total. The Labute approximate surface area is 85.0 Å². The number of amides is 1.